The number of unbranched alkanes of at least 4 members (excludes halogenated alkanes) is 2. The first kappa shape index (κ1) is 13.5. The van der Waals surface area contributed by atoms with Crippen LogP contribution in [0.25, 0.3) is 0 Å². The molecule has 0 aromatic rings. The van der Waals surface area contributed by atoms with E-state index >= 15 is 0 Å². The number of aliphatic hydroxyl groups is 1. The highest BCUT2D eigenvalue weighted by molar-refractivity contribution is 5.62. The zero-order valence-corrected chi connectivity index (χ0v) is 9.24. The van der Waals surface area contributed by atoms with Crippen LogP contribution in [0.5, 0.6) is 0 Å². The largest absolute Gasteiger partial charge is 0.509 e. The Kier molecular flexibility index (Phi) is 5.47. The second-order valence-electron chi connectivity index (χ2n) is 3.65. The predicted molar refractivity (Wildman–Crippen MR) is 53.6 cm³/mol. The van der Waals surface area contributed by atoms with Gasteiger partial charge in [-0.05, 0) is 19.3 Å². The maximum atomic E-state index is 10.8. The normalized spacial score (nSPS) is 23.0. The summed E-state index contributed by atoms with van der Waals surface area (Å²) >= 11 is 0. The molecule has 1 saturated heterocycles. The van der Waals surface area contributed by atoms with Crippen molar-refractivity contribution in [3.05, 3.63) is 10.1 Å². The number of aliphatic hydroxyl groups excluding tert-OH is 1. The minimum Gasteiger partial charge on any atom is -0.427 e. The van der Waals surface area contributed by atoms with Crippen LogP contribution in [0.15, 0.2) is 0 Å². The first-order valence-electron chi connectivity index (χ1n) is 5.39. The van der Waals surface area contributed by atoms with Gasteiger partial charge in [0, 0.05) is 0 Å². The Bertz CT molecular complexity index is 270. The van der Waals surface area contributed by atoms with Crippen molar-refractivity contribution < 1.29 is 29.3 Å². The lowest BCUT2D eigenvalue weighted by Crippen LogP contribution is -2.26. The number of nitrogens with zero attached hydrogens (tertiary/aromatic N) is 1. The molecule has 8 nitrogen and oxygen atoms in total. The van der Waals surface area contributed by atoms with Crippen LogP contribution in [0, 0.1) is 10.1 Å². The molecule has 98 valence electrons. The van der Waals surface area contributed by atoms with Gasteiger partial charge < -0.3 is 19.4 Å². The van der Waals surface area contributed by atoms with Crippen molar-refractivity contribution in [1.82, 2.24) is 0 Å². The van der Waals surface area contributed by atoms with Gasteiger partial charge in [-0.1, -0.05) is 6.42 Å². The summed E-state index contributed by atoms with van der Waals surface area (Å²) in [5.41, 5.74) is 0. The van der Waals surface area contributed by atoms with Crippen LogP contribution in [-0.2, 0) is 14.3 Å². The van der Waals surface area contributed by atoms with E-state index in [9.17, 15) is 14.9 Å². The summed E-state index contributed by atoms with van der Waals surface area (Å²) in [7, 11) is 0. The third-order valence-electron chi connectivity index (χ3n) is 2.42. The lowest BCUT2D eigenvalue weighted by atomic mass is 10.1. The number of rotatable bonds is 8. The molecule has 0 aliphatic carbocycles. The van der Waals surface area contributed by atoms with E-state index in [0.29, 0.717) is 12.8 Å². The zero-order valence-electron chi connectivity index (χ0n) is 9.24. The summed E-state index contributed by atoms with van der Waals surface area (Å²) < 4.78 is 9.56. The number of carbonyl (C=O) groups excluding carboxylic acids is 1. The fourth-order valence-electron chi connectivity index (χ4n) is 1.59. The van der Waals surface area contributed by atoms with E-state index in [-0.39, 0.29) is 13.2 Å². The van der Waals surface area contributed by atoms with Crippen molar-refractivity contribution in [2.75, 3.05) is 13.2 Å². The molecule has 0 aromatic carbocycles. The predicted octanol–water partition coefficient (Wildman–Crippen LogP) is 0.651. The standard InChI is InChI=1S/C9H15NO7/c11-6-8-7(16-9(12)17-8)4-2-1-3-5-15-10(13)14/h7-8,11H,1-6H2. The van der Waals surface area contributed by atoms with Gasteiger partial charge in [0.15, 0.2) is 6.10 Å². The molecule has 17 heavy (non-hydrogen) atoms. The molecule has 8 heteroatoms. The van der Waals surface area contributed by atoms with Gasteiger partial charge in [0.25, 0.3) is 5.09 Å². The van der Waals surface area contributed by atoms with Crippen LogP contribution in [0.4, 0.5) is 4.79 Å². The molecule has 1 N–H and O–H groups in total. The van der Waals surface area contributed by atoms with E-state index < -0.39 is 23.4 Å². The van der Waals surface area contributed by atoms with Crippen molar-refractivity contribution in [3.63, 3.8) is 0 Å². The molecule has 0 saturated carbocycles. The van der Waals surface area contributed by atoms with Crippen LogP contribution in [0.1, 0.15) is 25.7 Å². The number of cyclic esters (lactones) is 2. The smallest absolute Gasteiger partial charge is 0.427 e. The summed E-state index contributed by atoms with van der Waals surface area (Å²) in [5, 5.41) is 17.9. The van der Waals surface area contributed by atoms with E-state index in [1.54, 1.807) is 0 Å². The van der Waals surface area contributed by atoms with Crippen molar-refractivity contribution in [2.24, 2.45) is 0 Å². The number of hydrogen-bond donors (Lipinski definition) is 1. The Balaban J connectivity index is 2.06. The van der Waals surface area contributed by atoms with Crippen molar-refractivity contribution in [3.8, 4) is 0 Å². The molecule has 0 amide bonds. The molecule has 0 aromatic heterocycles. The van der Waals surface area contributed by atoms with Gasteiger partial charge in [-0.3, -0.25) is 0 Å². The average Bonchev–Trinajstić information content (AvgIpc) is 2.63. The zero-order chi connectivity index (χ0) is 12.7. The SMILES string of the molecule is O=C1OC(CO)C(CCCCCO[N+](=O)[O-])O1. The minimum absolute atomic E-state index is 0.0668. The Labute approximate surface area is 97.6 Å². The molecule has 1 heterocycles. The topological polar surface area (TPSA) is 108 Å². The van der Waals surface area contributed by atoms with E-state index in [1.807, 2.05) is 0 Å². The fourth-order valence-corrected chi connectivity index (χ4v) is 1.59. The van der Waals surface area contributed by atoms with Crippen LogP contribution in [0.3, 0.4) is 0 Å². The lowest BCUT2D eigenvalue weighted by molar-refractivity contribution is -0.757. The van der Waals surface area contributed by atoms with Gasteiger partial charge in [-0.15, -0.1) is 10.1 Å². The van der Waals surface area contributed by atoms with Crippen molar-refractivity contribution >= 4 is 6.16 Å². The molecule has 0 radical (unpaired) electrons. The van der Waals surface area contributed by atoms with Gasteiger partial charge >= 0.3 is 6.16 Å². The maximum absolute atomic E-state index is 10.8. The fraction of sp³-hybridized carbons (Fsp3) is 0.889. The highest BCUT2D eigenvalue weighted by atomic mass is 16.9. The minimum atomic E-state index is -0.825. The third kappa shape index (κ3) is 4.85. The summed E-state index contributed by atoms with van der Waals surface area (Å²) in [6.07, 6.45) is 0.785. The number of hydrogen-bond acceptors (Lipinski definition) is 7. The van der Waals surface area contributed by atoms with E-state index in [2.05, 4.69) is 4.84 Å². The Hall–Kier alpha value is -1.57. The van der Waals surface area contributed by atoms with E-state index in [1.165, 1.54) is 0 Å². The highest BCUT2D eigenvalue weighted by Crippen LogP contribution is 2.20. The molecule has 1 aliphatic heterocycles. The van der Waals surface area contributed by atoms with Crippen LogP contribution >= 0.6 is 0 Å². The van der Waals surface area contributed by atoms with E-state index in [4.69, 9.17) is 14.6 Å². The Morgan fingerprint density at radius 3 is 2.65 bits per heavy atom. The molecule has 1 rings (SSSR count). The molecule has 0 spiro atoms. The number of ether oxygens (including phenoxy) is 2. The Morgan fingerprint density at radius 1 is 1.29 bits per heavy atom. The van der Waals surface area contributed by atoms with Gasteiger partial charge in [0.05, 0.1) is 13.2 Å². The molecular formula is C9H15NO7. The van der Waals surface area contributed by atoms with Crippen LogP contribution in [-0.4, -0.2) is 41.8 Å². The van der Waals surface area contributed by atoms with Crippen molar-refractivity contribution in [1.29, 1.82) is 0 Å². The van der Waals surface area contributed by atoms with E-state index in [0.717, 1.165) is 12.8 Å². The number of carbonyl (C=O) groups is 1. The first-order chi connectivity index (χ1) is 8.13. The monoisotopic (exact) mass is 249 g/mol. The Morgan fingerprint density at radius 2 is 2.00 bits per heavy atom. The van der Waals surface area contributed by atoms with Crippen LogP contribution in [0.2, 0.25) is 0 Å². The molecule has 0 bridgehead atoms. The second kappa shape index (κ2) is 6.89. The molecular weight excluding hydrogens is 234 g/mol. The summed E-state index contributed by atoms with van der Waals surface area (Å²) in [5.74, 6) is 0. The van der Waals surface area contributed by atoms with Crippen molar-refractivity contribution in [2.45, 2.75) is 37.9 Å². The maximum Gasteiger partial charge on any atom is 0.509 e. The molecule has 1 fully saturated rings. The van der Waals surface area contributed by atoms with Gasteiger partial charge in [-0.25, -0.2) is 4.79 Å². The van der Waals surface area contributed by atoms with Gasteiger partial charge in [0.1, 0.15) is 6.10 Å². The second-order valence-corrected chi connectivity index (χ2v) is 3.65. The van der Waals surface area contributed by atoms with Crippen LogP contribution < -0.4 is 0 Å². The summed E-state index contributed by atoms with van der Waals surface area (Å²) in [4.78, 5) is 24.8. The van der Waals surface area contributed by atoms with Gasteiger partial charge in [-0.2, -0.15) is 0 Å². The third-order valence-corrected chi connectivity index (χ3v) is 2.42. The molecule has 2 unspecified atom stereocenters. The molecule has 2 atom stereocenters. The quantitative estimate of drug-likeness (QED) is 0.291. The molecule has 1 aliphatic rings. The lowest BCUT2D eigenvalue weighted by Gasteiger charge is -2.12. The summed E-state index contributed by atoms with van der Waals surface area (Å²) in [6, 6.07) is 0. The first-order valence-corrected chi connectivity index (χ1v) is 5.39. The highest BCUT2D eigenvalue weighted by Gasteiger charge is 2.35. The average molecular weight is 249 g/mol. The van der Waals surface area contributed by atoms with Gasteiger partial charge in [0.2, 0.25) is 0 Å². The summed E-state index contributed by atoms with van der Waals surface area (Å²) in [6.45, 7) is -0.196.